The van der Waals surface area contributed by atoms with Gasteiger partial charge in [-0.1, -0.05) is 48.9 Å². The molecule has 0 saturated heterocycles. The fourth-order valence-corrected chi connectivity index (χ4v) is 2.42. The first-order chi connectivity index (χ1) is 9.70. The van der Waals surface area contributed by atoms with Crippen molar-refractivity contribution < 1.29 is 0 Å². The Morgan fingerprint density at radius 1 is 1.40 bits per heavy atom. The third kappa shape index (κ3) is 3.19. The standard InChI is InChI=1S/C15H17ClN4/c1-2-18-15(12-17,13-6-4-3-5-7-13)8-9-20-11-14(16)10-19-20/h3-7,10-11,18H,2,8-9H2,1H3. The first-order valence-corrected chi connectivity index (χ1v) is 6.98. The predicted molar refractivity (Wildman–Crippen MR) is 79.3 cm³/mol. The van der Waals surface area contributed by atoms with Crippen molar-refractivity contribution in [2.45, 2.75) is 25.4 Å². The molecule has 0 radical (unpaired) electrons. The Bertz CT molecular complexity index is 587. The number of nitriles is 1. The van der Waals surface area contributed by atoms with Crippen LogP contribution < -0.4 is 5.32 Å². The van der Waals surface area contributed by atoms with Crippen LogP contribution in [0.4, 0.5) is 0 Å². The molecule has 4 nitrogen and oxygen atoms in total. The molecule has 0 fully saturated rings. The molecule has 0 amide bonds. The van der Waals surface area contributed by atoms with Crippen LogP contribution in [0.2, 0.25) is 5.02 Å². The molecule has 1 aromatic carbocycles. The Kier molecular flexibility index (Phi) is 4.78. The average Bonchev–Trinajstić information content (AvgIpc) is 2.90. The van der Waals surface area contributed by atoms with Gasteiger partial charge >= 0.3 is 0 Å². The maximum Gasteiger partial charge on any atom is 0.134 e. The van der Waals surface area contributed by atoms with Gasteiger partial charge in [0.2, 0.25) is 0 Å². The van der Waals surface area contributed by atoms with Crippen LogP contribution in [-0.4, -0.2) is 16.3 Å². The van der Waals surface area contributed by atoms with Crippen molar-refractivity contribution in [2.24, 2.45) is 0 Å². The van der Waals surface area contributed by atoms with Gasteiger partial charge in [-0.15, -0.1) is 0 Å². The van der Waals surface area contributed by atoms with Gasteiger partial charge in [-0.05, 0) is 12.1 Å². The monoisotopic (exact) mass is 288 g/mol. The second kappa shape index (κ2) is 6.56. The van der Waals surface area contributed by atoms with Gasteiger partial charge in [-0.3, -0.25) is 10.00 Å². The van der Waals surface area contributed by atoms with E-state index >= 15 is 0 Å². The average molecular weight is 289 g/mol. The molecule has 1 unspecified atom stereocenters. The summed E-state index contributed by atoms with van der Waals surface area (Å²) >= 11 is 5.86. The zero-order chi connectivity index (χ0) is 14.4. The van der Waals surface area contributed by atoms with Gasteiger partial charge in [-0.25, -0.2) is 0 Å². The molecule has 0 spiro atoms. The van der Waals surface area contributed by atoms with Gasteiger partial charge < -0.3 is 0 Å². The number of hydrogen-bond acceptors (Lipinski definition) is 3. The van der Waals surface area contributed by atoms with Crippen LogP contribution in [0.15, 0.2) is 42.7 Å². The van der Waals surface area contributed by atoms with Crippen LogP contribution in [0.3, 0.4) is 0 Å². The molecule has 5 heteroatoms. The van der Waals surface area contributed by atoms with Crippen molar-refractivity contribution in [3.8, 4) is 6.07 Å². The smallest absolute Gasteiger partial charge is 0.134 e. The highest BCUT2D eigenvalue weighted by atomic mass is 35.5. The lowest BCUT2D eigenvalue weighted by Crippen LogP contribution is -2.42. The normalized spacial score (nSPS) is 13.7. The molecule has 0 bridgehead atoms. The van der Waals surface area contributed by atoms with Crippen molar-refractivity contribution in [2.75, 3.05) is 6.54 Å². The summed E-state index contributed by atoms with van der Waals surface area (Å²) in [5, 5.41) is 17.7. The van der Waals surface area contributed by atoms with E-state index in [1.165, 1.54) is 0 Å². The van der Waals surface area contributed by atoms with Crippen LogP contribution in [-0.2, 0) is 12.1 Å². The molecule has 1 aromatic heterocycles. The molecule has 2 aromatic rings. The molecular weight excluding hydrogens is 272 g/mol. The molecular formula is C15H17ClN4. The molecule has 0 aliphatic carbocycles. The molecule has 0 saturated carbocycles. The number of nitrogens with zero attached hydrogens (tertiary/aromatic N) is 3. The molecule has 2 rings (SSSR count). The van der Waals surface area contributed by atoms with Crippen LogP contribution in [0, 0.1) is 11.3 Å². The zero-order valence-corrected chi connectivity index (χ0v) is 12.1. The van der Waals surface area contributed by atoms with E-state index < -0.39 is 5.54 Å². The highest BCUT2D eigenvalue weighted by Crippen LogP contribution is 2.25. The highest BCUT2D eigenvalue weighted by Gasteiger charge is 2.30. The maximum absolute atomic E-state index is 9.68. The topological polar surface area (TPSA) is 53.6 Å². The number of aromatic nitrogens is 2. The van der Waals surface area contributed by atoms with Crippen LogP contribution in [0.5, 0.6) is 0 Å². The Hall–Kier alpha value is -1.83. The Labute approximate surface area is 124 Å². The molecule has 0 aliphatic heterocycles. The Morgan fingerprint density at radius 2 is 2.15 bits per heavy atom. The van der Waals surface area contributed by atoms with Gasteiger partial charge in [0.05, 0.1) is 17.3 Å². The van der Waals surface area contributed by atoms with E-state index in [4.69, 9.17) is 11.6 Å². The fourth-order valence-electron chi connectivity index (χ4n) is 2.26. The van der Waals surface area contributed by atoms with Gasteiger partial charge in [0.25, 0.3) is 0 Å². The number of halogens is 1. The second-order valence-electron chi connectivity index (χ2n) is 4.59. The van der Waals surface area contributed by atoms with Gasteiger partial charge in [0.1, 0.15) is 5.54 Å². The molecule has 1 atom stereocenters. The van der Waals surface area contributed by atoms with Crippen molar-refractivity contribution in [1.82, 2.24) is 15.1 Å². The van der Waals surface area contributed by atoms with Crippen LogP contribution >= 0.6 is 11.6 Å². The largest absolute Gasteiger partial charge is 0.296 e. The lowest BCUT2D eigenvalue weighted by atomic mass is 9.88. The maximum atomic E-state index is 9.68. The number of benzene rings is 1. The van der Waals surface area contributed by atoms with Crippen molar-refractivity contribution >= 4 is 11.6 Å². The molecule has 1 heterocycles. The fraction of sp³-hybridized carbons (Fsp3) is 0.333. The van der Waals surface area contributed by atoms with Crippen molar-refractivity contribution in [3.05, 3.63) is 53.3 Å². The lowest BCUT2D eigenvalue weighted by Gasteiger charge is -2.28. The molecule has 1 N–H and O–H groups in total. The minimum atomic E-state index is -0.700. The number of rotatable bonds is 6. The zero-order valence-electron chi connectivity index (χ0n) is 11.4. The predicted octanol–water partition coefficient (Wildman–Crippen LogP) is 2.96. The summed E-state index contributed by atoms with van der Waals surface area (Å²) < 4.78 is 1.76. The van der Waals surface area contributed by atoms with E-state index in [0.29, 0.717) is 18.0 Å². The second-order valence-corrected chi connectivity index (χ2v) is 5.02. The lowest BCUT2D eigenvalue weighted by molar-refractivity contribution is 0.372. The van der Waals surface area contributed by atoms with Gasteiger partial charge in [0, 0.05) is 19.2 Å². The summed E-state index contributed by atoms with van der Waals surface area (Å²) in [6, 6.07) is 12.2. The van der Waals surface area contributed by atoms with Crippen molar-refractivity contribution in [3.63, 3.8) is 0 Å². The number of hydrogen-bond donors (Lipinski definition) is 1. The summed E-state index contributed by atoms with van der Waals surface area (Å²) in [5.41, 5.74) is 0.275. The molecule has 104 valence electrons. The minimum Gasteiger partial charge on any atom is -0.296 e. The third-order valence-corrected chi connectivity index (χ3v) is 3.45. The Morgan fingerprint density at radius 3 is 2.70 bits per heavy atom. The SMILES string of the molecule is CCNC(C#N)(CCn1cc(Cl)cn1)c1ccccc1. The third-order valence-electron chi connectivity index (χ3n) is 3.25. The first-order valence-electron chi connectivity index (χ1n) is 6.60. The number of aryl methyl sites for hydroxylation is 1. The summed E-state index contributed by atoms with van der Waals surface area (Å²) in [6.07, 6.45) is 3.99. The summed E-state index contributed by atoms with van der Waals surface area (Å²) in [6.45, 7) is 3.35. The van der Waals surface area contributed by atoms with Crippen LogP contribution in [0.1, 0.15) is 18.9 Å². The van der Waals surface area contributed by atoms with Gasteiger partial charge in [-0.2, -0.15) is 10.4 Å². The first kappa shape index (κ1) is 14.6. The summed E-state index contributed by atoms with van der Waals surface area (Å²) in [4.78, 5) is 0. The molecule has 20 heavy (non-hydrogen) atoms. The summed E-state index contributed by atoms with van der Waals surface area (Å²) in [7, 11) is 0. The number of nitrogens with one attached hydrogen (secondary N) is 1. The van der Waals surface area contributed by atoms with Crippen LogP contribution in [0.25, 0.3) is 0 Å². The molecule has 0 aliphatic rings. The highest BCUT2D eigenvalue weighted by molar-refractivity contribution is 6.30. The van der Waals surface area contributed by atoms with E-state index in [1.54, 1.807) is 17.1 Å². The van der Waals surface area contributed by atoms with Crippen molar-refractivity contribution in [1.29, 1.82) is 5.26 Å². The van der Waals surface area contributed by atoms with E-state index in [1.807, 2.05) is 37.3 Å². The summed E-state index contributed by atoms with van der Waals surface area (Å²) in [5.74, 6) is 0. The van der Waals surface area contributed by atoms with E-state index in [0.717, 1.165) is 12.1 Å². The Balaban J connectivity index is 2.21. The van der Waals surface area contributed by atoms with E-state index in [9.17, 15) is 5.26 Å². The minimum absolute atomic E-state index is 0.607. The van der Waals surface area contributed by atoms with Gasteiger partial charge in [0.15, 0.2) is 0 Å². The quantitative estimate of drug-likeness (QED) is 0.889. The van der Waals surface area contributed by atoms with E-state index in [2.05, 4.69) is 16.5 Å². The van der Waals surface area contributed by atoms with E-state index in [-0.39, 0.29) is 0 Å².